The van der Waals surface area contributed by atoms with Crippen LogP contribution in [0, 0.1) is 0 Å². The van der Waals surface area contributed by atoms with E-state index in [0.717, 1.165) is 22.4 Å². The van der Waals surface area contributed by atoms with Gasteiger partial charge in [-0.05, 0) is 42.5 Å². The molecule has 4 rings (SSSR count). The molecule has 5 nitrogen and oxygen atoms in total. The number of fused-ring (bicyclic) bond motifs is 1. The molecule has 1 unspecified atom stereocenters. The van der Waals surface area contributed by atoms with Gasteiger partial charge in [0.1, 0.15) is 10.9 Å². The van der Waals surface area contributed by atoms with E-state index in [0.29, 0.717) is 17.0 Å². The highest BCUT2D eigenvalue weighted by molar-refractivity contribution is 7.98. The lowest BCUT2D eigenvalue weighted by Crippen LogP contribution is -2.31. The number of benzene rings is 2. The summed E-state index contributed by atoms with van der Waals surface area (Å²) in [5.74, 6) is 0.590. The molecule has 0 saturated heterocycles. The summed E-state index contributed by atoms with van der Waals surface area (Å²) in [6.07, 6.45) is 4.25. The van der Waals surface area contributed by atoms with Gasteiger partial charge in [0, 0.05) is 6.20 Å². The Morgan fingerprint density at radius 1 is 1.07 bits per heavy atom. The standard InChI is InChI=1S/C22H20N4OS/c1-28-22-16(10-7-13-23-22)21(27)26-19(14-15-8-3-2-4-9-15)20-24-17-11-5-6-12-18(17)25-20/h2-13,19H,14H2,1H3,(H,24,25)(H,26,27). The molecule has 0 spiro atoms. The fraction of sp³-hybridized carbons (Fsp3) is 0.136. The summed E-state index contributed by atoms with van der Waals surface area (Å²) in [7, 11) is 0. The van der Waals surface area contributed by atoms with Crippen LogP contribution in [0.4, 0.5) is 0 Å². The van der Waals surface area contributed by atoms with Gasteiger partial charge < -0.3 is 10.3 Å². The SMILES string of the molecule is CSc1ncccc1C(=O)NC(Cc1ccccc1)c1nc2ccccc2[nH]1. The Bertz CT molecular complexity index is 1060. The highest BCUT2D eigenvalue weighted by Crippen LogP contribution is 2.22. The number of hydrogen-bond donors (Lipinski definition) is 2. The van der Waals surface area contributed by atoms with E-state index in [9.17, 15) is 4.79 Å². The van der Waals surface area contributed by atoms with Crippen LogP contribution in [0.25, 0.3) is 11.0 Å². The van der Waals surface area contributed by atoms with Gasteiger partial charge in [0.25, 0.3) is 5.91 Å². The van der Waals surface area contributed by atoms with Crippen molar-refractivity contribution in [2.45, 2.75) is 17.5 Å². The summed E-state index contributed by atoms with van der Waals surface area (Å²) in [5, 5.41) is 3.86. The Morgan fingerprint density at radius 3 is 2.64 bits per heavy atom. The Hall–Kier alpha value is -3.12. The molecular weight excluding hydrogens is 368 g/mol. The predicted molar refractivity (Wildman–Crippen MR) is 112 cm³/mol. The zero-order chi connectivity index (χ0) is 19.3. The summed E-state index contributed by atoms with van der Waals surface area (Å²) in [5.41, 5.74) is 3.54. The maximum atomic E-state index is 13.0. The normalized spacial score (nSPS) is 12.0. The summed E-state index contributed by atoms with van der Waals surface area (Å²) in [4.78, 5) is 25.4. The van der Waals surface area contributed by atoms with Crippen LogP contribution in [0.3, 0.4) is 0 Å². The molecule has 1 atom stereocenters. The Balaban J connectivity index is 1.67. The number of imidazole rings is 1. The predicted octanol–water partition coefficient (Wildman–Crippen LogP) is 4.39. The lowest BCUT2D eigenvalue weighted by atomic mass is 10.0. The molecule has 1 amide bonds. The van der Waals surface area contributed by atoms with Gasteiger partial charge in [-0.2, -0.15) is 0 Å². The van der Waals surface area contributed by atoms with Crippen molar-refractivity contribution in [3.63, 3.8) is 0 Å². The van der Waals surface area contributed by atoms with Crippen molar-refractivity contribution >= 4 is 28.7 Å². The van der Waals surface area contributed by atoms with Gasteiger partial charge >= 0.3 is 0 Å². The molecule has 28 heavy (non-hydrogen) atoms. The van der Waals surface area contributed by atoms with Crippen molar-refractivity contribution < 1.29 is 4.79 Å². The zero-order valence-electron chi connectivity index (χ0n) is 15.4. The number of aromatic nitrogens is 3. The third kappa shape index (κ3) is 3.92. The number of pyridine rings is 1. The minimum absolute atomic E-state index is 0.154. The molecule has 0 aliphatic carbocycles. The van der Waals surface area contributed by atoms with Gasteiger partial charge in [0.15, 0.2) is 0 Å². The number of rotatable bonds is 6. The van der Waals surface area contributed by atoms with Crippen LogP contribution in [-0.2, 0) is 6.42 Å². The molecule has 2 aromatic heterocycles. The molecule has 2 N–H and O–H groups in total. The molecule has 0 fully saturated rings. The molecule has 6 heteroatoms. The number of nitrogens with one attached hydrogen (secondary N) is 2. The number of carbonyl (C=O) groups excluding carboxylic acids is 1. The first-order valence-electron chi connectivity index (χ1n) is 9.03. The van der Waals surface area contributed by atoms with Gasteiger partial charge in [0.05, 0.1) is 22.6 Å². The van der Waals surface area contributed by atoms with Crippen LogP contribution >= 0.6 is 11.8 Å². The Kier molecular flexibility index (Phi) is 5.39. The average Bonchev–Trinajstić information content (AvgIpc) is 3.18. The number of H-pyrrole nitrogens is 1. The van der Waals surface area contributed by atoms with E-state index in [4.69, 9.17) is 4.98 Å². The van der Waals surface area contributed by atoms with E-state index >= 15 is 0 Å². The first-order chi connectivity index (χ1) is 13.7. The smallest absolute Gasteiger partial charge is 0.254 e. The number of nitrogens with zero attached hydrogens (tertiary/aromatic N) is 2. The van der Waals surface area contributed by atoms with Gasteiger partial charge in [-0.15, -0.1) is 11.8 Å². The van der Waals surface area contributed by atoms with Crippen LogP contribution in [0.1, 0.15) is 27.8 Å². The molecule has 2 aromatic carbocycles. The maximum absolute atomic E-state index is 13.0. The zero-order valence-corrected chi connectivity index (χ0v) is 16.2. The van der Waals surface area contributed by atoms with Crippen molar-refractivity contribution in [2.75, 3.05) is 6.26 Å². The third-order valence-electron chi connectivity index (χ3n) is 4.53. The first kappa shape index (κ1) is 18.3. The summed E-state index contributed by atoms with van der Waals surface area (Å²) >= 11 is 1.46. The van der Waals surface area contributed by atoms with Crippen molar-refractivity contribution in [3.8, 4) is 0 Å². The number of amides is 1. The Labute approximate surface area is 167 Å². The lowest BCUT2D eigenvalue weighted by Gasteiger charge is -2.17. The maximum Gasteiger partial charge on any atom is 0.254 e. The molecule has 0 radical (unpaired) electrons. The second-order valence-electron chi connectivity index (χ2n) is 6.42. The average molecular weight is 388 g/mol. The Morgan fingerprint density at radius 2 is 1.86 bits per heavy atom. The van der Waals surface area contributed by atoms with E-state index in [1.54, 1.807) is 18.3 Å². The van der Waals surface area contributed by atoms with E-state index in [1.807, 2.05) is 48.7 Å². The van der Waals surface area contributed by atoms with Crippen LogP contribution in [0.15, 0.2) is 78.0 Å². The molecule has 0 saturated carbocycles. The summed E-state index contributed by atoms with van der Waals surface area (Å²) in [6.45, 7) is 0. The van der Waals surface area contributed by atoms with Gasteiger partial charge in [-0.3, -0.25) is 4.79 Å². The van der Waals surface area contributed by atoms with E-state index in [1.165, 1.54) is 11.8 Å². The molecule has 0 aliphatic rings. The minimum Gasteiger partial charge on any atom is -0.342 e. The van der Waals surface area contributed by atoms with E-state index in [2.05, 4.69) is 27.4 Å². The largest absolute Gasteiger partial charge is 0.342 e. The molecule has 140 valence electrons. The third-order valence-corrected chi connectivity index (χ3v) is 5.25. The first-order valence-corrected chi connectivity index (χ1v) is 10.3. The number of aromatic amines is 1. The molecular formula is C22H20N4OS. The number of thioether (sulfide) groups is 1. The van der Waals surface area contributed by atoms with Crippen molar-refractivity contribution in [2.24, 2.45) is 0 Å². The van der Waals surface area contributed by atoms with E-state index < -0.39 is 0 Å². The monoisotopic (exact) mass is 388 g/mol. The second kappa shape index (κ2) is 8.27. The minimum atomic E-state index is -0.280. The number of carbonyl (C=O) groups is 1. The van der Waals surface area contributed by atoms with Crippen LogP contribution in [-0.4, -0.2) is 27.1 Å². The van der Waals surface area contributed by atoms with E-state index in [-0.39, 0.29) is 11.9 Å². The van der Waals surface area contributed by atoms with Gasteiger partial charge in [-0.1, -0.05) is 42.5 Å². The molecule has 4 aromatic rings. The summed E-state index contributed by atoms with van der Waals surface area (Å²) in [6, 6.07) is 21.3. The fourth-order valence-corrected chi connectivity index (χ4v) is 3.71. The topological polar surface area (TPSA) is 70.7 Å². The number of para-hydroxylation sites is 2. The van der Waals surface area contributed by atoms with Gasteiger partial charge in [0.2, 0.25) is 0 Å². The van der Waals surface area contributed by atoms with Crippen molar-refractivity contribution in [3.05, 3.63) is 89.9 Å². The van der Waals surface area contributed by atoms with Gasteiger partial charge in [-0.25, -0.2) is 9.97 Å². The van der Waals surface area contributed by atoms with Crippen LogP contribution in [0.5, 0.6) is 0 Å². The second-order valence-corrected chi connectivity index (χ2v) is 7.21. The molecule has 0 aliphatic heterocycles. The molecule has 0 bridgehead atoms. The van der Waals surface area contributed by atoms with Crippen molar-refractivity contribution in [1.29, 1.82) is 0 Å². The number of hydrogen-bond acceptors (Lipinski definition) is 4. The quantitative estimate of drug-likeness (QED) is 0.481. The van der Waals surface area contributed by atoms with Crippen molar-refractivity contribution in [1.82, 2.24) is 20.3 Å². The highest BCUT2D eigenvalue weighted by Gasteiger charge is 2.21. The van der Waals surface area contributed by atoms with Crippen LogP contribution < -0.4 is 5.32 Å². The lowest BCUT2D eigenvalue weighted by molar-refractivity contribution is 0.0931. The highest BCUT2D eigenvalue weighted by atomic mass is 32.2. The van der Waals surface area contributed by atoms with Crippen LogP contribution in [0.2, 0.25) is 0 Å². The molecule has 2 heterocycles. The summed E-state index contributed by atoms with van der Waals surface area (Å²) < 4.78 is 0. The fourth-order valence-electron chi connectivity index (χ4n) is 3.17.